The lowest BCUT2D eigenvalue weighted by molar-refractivity contribution is -0.152. The van der Waals surface area contributed by atoms with Gasteiger partial charge in [-0.2, -0.15) is 0 Å². The molecule has 4 heteroatoms. The van der Waals surface area contributed by atoms with Crippen LogP contribution < -0.4 is 5.32 Å². The van der Waals surface area contributed by atoms with Crippen LogP contribution in [-0.4, -0.2) is 38.9 Å². The highest BCUT2D eigenvalue weighted by Gasteiger charge is 2.53. The molecule has 0 bridgehead atoms. The molecule has 0 aromatic rings. The van der Waals surface area contributed by atoms with Crippen LogP contribution in [0.5, 0.6) is 0 Å². The molecule has 12 heavy (non-hydrogen) atoms. The fourth-order valence-corrected chi connectivity index (χ4v) is 2.10. The van der Waals surface area contributed by atoms with Crippen LogP contribution in [0.1, 0.15) is 6.42 Å². The summed E-state index contributed by atoms with van der Waals surface area (Å²) in [6.45, 7) is 2.04. The molecular formula is C8H13NO3. The second-order valence-electron chi connectivity index (χ2n) is 3.42. The number of methoxy groups -OCH3 is 1. The zero-order valence-corrected chi connectivity index (χ0v) is 7.13. The van der Waals surface area contributed by atoms with Gasteiger partial charge >= 0.3 is 5.97 Å². The molecule has 2 aliphatic heterocycles. The fourth-order valence-electron chi connectivity index (χ4n) is 2.10. The van der Waals surface area contributed by atoms with Gasteiger partial charge in [0.15, 0.2) is 0 Å². The van der Waals surface area contributed by atoms with Gasteiger partial charge in [0.2, 0.25) is 0 Å². The van der Waals surface area contributed by atoms with Crippen molar-refractivity contribution in [2.24, 2.45) is 5.41 Å². The zero-order valence-electron chi connectivity index (χ0n) is 7.13. The van der Waals surface area contributed by atoms with Crippen LogP contribution in [0, 0.1) is 5.41 Å². The Morgan fingerprint density at radius 1 is 1.75 bits per heavy atom. The number of ether oxygens (including phenoxy) is 2. The highest BCUT2D eigenvalue weighted by molar-refractivity contribution is 5.78. The van der Waals surface area contributed by atoms with Crippen molar-refractivity contribution < 1.29 is 14.3 Å². The Kier molecular flexibility index (Phi) is 1.81. The Bertz CT molecular complexity index is 194. The van der Waals surface area contributed by atoms with Crippen molar-refractivity contribution >= 4 is 5.97 Å². The summed E-state index contributed by atoms with van der Waals surface area (Å²) >= 11 is 0. The molecule has 0 aliphatic carbocycles. The number of carbonyl (C=O) groups is 1. The van der Waals surface area contributed by atoms with Gasteiger partial charge in [0.1, 0.15) is 5.41 Å². The van der Waals surface area contributed by atoms with Crippen LogP contribution in [-0.2, 0) is 14.3 Å². The summed E-state index contributed by atoms with van der Waals surface area (Å²) < 4.78 is 10.1. The number of carbonyl (C=O) groups excluding carboxylic acids is 1. The van der Waals surface area contributed by atoms with Crippen LogP contribution in [0.2, 0.25) is 0 Å². The highest BCUT2D eigenvalue weighted by Crippen LogP contribution is 2.37. The van der Waals surface area contributed by atoms with E-state index in [1.807, 2.05) is 0 Å². The summed E-state index contributed by atoms with van der Waals surface area (Å²) in [5.74, 6) is -0.130. The van der Waals surface area contributed by atoms with E-state index in [0.717, 1.165) is 13.0 Å². The molecule has 0 spiro atoms. The van der Waals surface area contributed by atoms with E-state index in [-0.39, 0.29) is 17.4 Å². The average Bonchev–Trinajstić information content (AvgIpc) is 2.60. The van der Waals surface area contributed by atoms with Crippen LogP contribution in [0.15, 0.2) is 0 Å². The largest absolute Gasteiger partial charge is 0.468 e. The van der Waals surface area contributed by atoms with E-state index in [4.69, 9.17) is 9.47 Å². The second kappa shape index (κ2) is 2.71. The average molecular weight is 171 g/mol. The van der Waals surface area contributed by atoms with Crippen molar-refractivity contribution in [2.45, 2.75) is 12.5 Å². The molecule has 2 aliphatic rings. The molecular weight excluding hydrogens is 158 g/mol. The smallest absolute Gasteiger partial charge is 0.315 e. The van der Waals surface area contributed by atoms with E-state index in [9.17, 15) is 4.79 Å². The Labute approximate surface area is 71.2 Å². The van der Waals surface area contributed by atoms with Gasteiger partial charge in [-0.3, -0.25) is 4.79 Å². The quantitative estimate of drug-likeness (QED) is 0.542. The van der Waals surface area contributed by atoms with Gasteiger partial charge in [-0.1, -0.05) is 0 Å². The third kappa shape index (κ3) is 0.881. The first kappa shape index (κ1) is 8.01. The molecule has 2 heterocycles. The van der Waals surface area contributed by atoms with E-state index < -0.39 is 0 Å². The van der Waals surface area contributed by atoms with Crippen molar-refractivity contribution in [1.29, 1.82) is 0 Å². The summed E-state index contributed by atoms with van der Waals surface area (Å²) in [6.07, 6.45) is 0.838. The fraction of sp³-hybridized carbons (Fsp3) is 0.875. The predicted molar refractivity (Wildman–Crippen MR) is 41.7 cm³/mol. The molecule has 2 fully saturated rings. The molecule has 1 N–H and O–H groups in total. The number of hydrogen-bond donors (Lipinski definition) is 1. The molecule has 0 radical (unpaired) electrons. The first-order chi connectivity index (χ1) is 5.79. The normalized spacial score (nSPS) is 39.6. The van der Waals surface area contributed by atoms with E-state index >= 15 is 0 Å². The van der Waals surface area contributed by atoms with Crippen LogP contribution in [0.3, 0.4) is 0 Å². The number of nitrogens with one attached hydrogen (secondary N) is 1. The third-order valence-corrected chi connectivity index (χ3v) is 2.86. The summed E-state index contributed by atoms with van der Waals surface area (Å²) in [6, 6.07) is 0.171. The summed E-state index contributed by atoms with van der Waals surface area (Å²) in [5.41, 5.74) is -0.380. The minimum absolute atomic E-state index is 0.130. The maximum atomic E-state index is 11.5. The van der Waals surface area contributed by atoms with Gasteiger partial charge in [-0.15, -0.1) is 0 Å². The van der Waals surface area contributed by atoms with E-state index in [0.29, 0.717) is 13.2 Å². The zero-order chi connectivity index (χ0) is 8.60. The minimum Gasteiger partial charge on any atom is -0.468 e. The number of hydrogen-bond acceptors (Lipinski definition) is 4. The molecule has 4 nitrogen and oxygen atoms in total. The van der Waals surface area contributed by atoms with Gasteiger partial charge < -0.3 is 14.8 Å². The van der Waals surface area contributed by atoms with Gasteiger partial charge in [0.05, 0.1) is 20.3 Å². The lowest BCUT2D eigenvalue weighted by Crippen LogP contribution is -2.42. The number of rotatable bonds is 1. The Morgan fingerprint density at radius 2 is 2.58 bits per heavy atom. The molecule has 0 amide bonds. The lowest BCUT2D eigenvalue weighted by atomic mass is 9.83. The summed E-state index contributed by atoms with van der Waals surface area (Å²) in [7, 11) is 1.44. The monoisotopic (exact) mass is 171 g/mol. The summed E-state index contributed by atoms with van der Waals surface area (Å²) in [4.78, 5) is 11.5. The topological polar surface area (TPSA) is 47.6 Å². The van der Waals surface area contributed by atoms with Crippen LogP contribution in [0.25, 0.3) is 0 Å². The molecule has 2 rings (SSSR count). The highest BCUT2D eigenvalue weighted by atomic mass is 16.5. The minimum atomic E-state index is -0.380. The second-order valence-corrected chi connectivity index (χ2v) is 3.42. The molecule has 2 atom stereocenters. The SMILES string of the molecule is COC(=O)C12CCNC1COC2. The lowest BCUT2D eigenvalue weighted by Gasteiger charge is -2.22. The molecule has 0 aromatic heterocycles. The molecule has 2 unspecified atom stereocenters. The Balaban J connectivity index is 2.21. The predicted octanol–water partition coefficient (Wildman–Crippen LogP) is -0.462. The third-order valence-electron chi connectivity index (χ3n) is 2.86. The first-order valence-corrected chi connectivity index (χ1v) is 4.19. The maximum Gasteiger partial charge on any atom is 0.315 e. The van der Waals surface area contributed by atoms with Gasteiger partial charge in [0, 0.05) is 6.04 Å². The van der Waals surface area contributed by atoms with E-state index in [1.54, 1.807) is 0 Å². The van der Waals surface area contributed by atoms with Crippen molar-refractivity contribution in [3.63, 3.8) is 0 Å². The molecule has 0 aromatic carbocycles. The van der Waals surface area contributed by atoms with Crippen molar-refractivity contribution in [3.05, 3.63) is 0 Å². The van der Waals surface area contributed by atoms with Crippen molar-refractivity contribution in [2.75, 3.05) is 26.9 Å². The van der Waals surface area contributed by atoms with E-state index in [2.05, 4.69) is 5.32 Å². The Morgan fingerprint density at radius 3 is 3.33 bits per heavy atom. The summed E-state index contributed by atoms with van der Waals surface area (Å²) in [5, 5.41) is 3.25. The van der Waals surface area contributed by atoms with Gasteiger partial charge in [-0.25, -0.2) is 0 Å². The maximum absolute atomic E-state index is 11.5. The standard InChI is InChI=1S/C8H13NO3/c1-11-7(10)8-2-3-9-6(8)4-12-5-8/h6,9H,2-5H2,1H3. The number of fused-ring (bicyclic) bond motifs is 1. The van der Waals surface area contributed by atoms with Crippen LogP contribution >= 0.6 is 0 Å². The number of esters is 1. The van der Waals surface area contributed by atoms with Gasteiger partial charge in [-0.05, 0) is 13.0 Å². The van der Waals surface area contributed by atoms with Gasteiger partial charge in [0.25, 0.3) is 0 Å². The van der Waals surface area contributed by atoms with Crippen LogP contribution in [0.4, 0.5) is 0 Å². The molecule has 68 valence electrons. The molecule has 0 saturated carbocycles. The van der Waals surface area contributed by atoms with Crippen molar-refractivity contribution in [3.8, 4) is 0 Å². The first-order valence-electron chi connectivity index (χ1n) is 4.19. The van der Waals surface area contributed by atoms with E-state index in [1.165, 1.54) is 7.11 Å². The molecule has 2 saturated heterocycles. The van der Waals surface area contributed by atoms with Crippen molar-refractivity contribution in [1.82, 2.24) is 5.32 Å². The Hall–Kier alpha value is -0.610.